The second-order valence-corrected chi connectivity index (χ2v) is 4.66. The van der Waals surface area contributed by atoms with E-state index >= 15 is 0 Å². The van der Waals surface area contributed by atoms with Crippen molar-refractivity contribution in [2.24, 2.45) is 0 Å². The molecule has 0 saturated heterocycles. The topological polar surface area (TPSA) is 110 Å². The van der Waals surface area contributed by atoms with Crippen molar-refractivity contribution in [1.29, 1.82) is 0 Å². The minimum absolute atomic E-state index is 0.0736. The molecule has 0 fully saturated rings. The van der Waals surface area contributed by atoms with Crippen LogP contribution in [-0.2, 0) is 16.2 Å². The minimum atomic E-state index is -4.85. The zero-order chi connectivity index (χ0) is 14.1. The van der Waals surface area contributed by atoms with Crippen LogP contribution in [0.3, 0.4) is 0 Å². The summed E-state index contributed by atoms with van der Waals surface area (Å²) in [5, 5.41) is 18.8. The molecule has 11 heteroatoms. The highest BCUT2D eigenvalue weighted by atomic mass is 32.2. The van der Waals surface area contributed by atoms with Crippen LogP contribution in [-0.4, -0.2) is 18.5 Å². The highest BCUT2D eigenvalue weighted by Gasteiger charge is 2.35. The Bertz CT molecular complexity index is 583. The Hall–Kier alpha value is -1.72. The zero-order valence-electron chi connectivity index (χ0n) is 8.30. The molecule has 1 aromatic carbocycles. The molecule has 1 rings (SSSR count). The molecule has 0 unspecified atom stereocenters. The summed E-state index contributed by atoms with van der Waals surface area (Å²) in [6.07, 6.45) is -4.85. The van der Waals surface area contributed by atoms with Crippen molar-refractivity contribution >= 4 is 15.7 Å². The lowest BCUT2D eigenvalue weighted by molar-refractivity contribution is -0.388. The Balaban J connectivity index is 3.54. The number of nitrogens with zero attached hydrogens (tertiary/aromatic N) is 1. The monoisotopic (exact) mass is 286 g/mol. The third-order valence-corrected chi connectivity index (χ3v) is 3.06. The summed E-state index contributed by atoms with van der Waals surface area (Å²) in [4.78, 5) is 8.97. The first-order valence-corrected chi connectivity index (χ1v) is 5.59. The molecule has 0 aromatic heterocycles. The van der Waals surface area contributed by atoms with E-state index in [0.29, 0.717) is 12.1 Å². The molecule has 0 aliphatic carbocycles. The van der Waals surface area contributed by atoms with Gasteiger partial charge in [0.1, 0.15) is 0 Å². The summed E-state index contributed by atoms with van der Waals surface area (Å²) >= 11 is 0. The van der Waals surface area contributed by atoms with Gasteiger partial charge in [0.2, 0.25) is 0 Å². The average Bonchev–Trinajstić information content (AvgIpc) is 2.27. The van der Waals surface area contributed by atoms with Gasteiger partial charge < -0.3 is 5.21 Å². The van der Waals surface area contributed by atoms with Crippen molar-refractivity contribution in [2.75, 3.05) is 0 Å². The number of nitro benzene ring substituents is 1. The number of nitrogens with one attached hydrogen (secondary N) is 1. The maximum Gasteiger partial charge on any atom is 0.416 e. The van der Waals surface area contributed by atoms with Crippen molar-refractivity contribution in [3.05, 3.63) is 33.9 Å². The van der Waals surface area contributed by atoms with Gasteiger partial charge >= 0.3 is 6.18 Å². The van der Waals surface area contributed by atoms with Gasteiger partial charge in [0.25, 0.3) is 15.7 Å². The Morgan fingerprint density at radius 2 is 1.89 bits per heavy atom. The van der Waals surface area contributed by atoms with E-state index in [1.165, 1.54) is 0 Å². The van der Waals surface area contributed by atoms with Crippen LogP contribution in [0, 0.1) is 10.1 Å². The van der Waals surface area contributed by atoms with Crippen LogP contribution >= 0.6 is 0 Å². The first-order chi connectivity index (χ1) is 8.09. The van der Waals surface area contributed by atoms with Crippen molar-refractivity contribution in [3.63, 3.8) is 0 Å². The predicted molar refractivity (Wildman–Crippen MR) is 50.2 cm³/mol. The average molecular weight is 286 g/mol. The molecule has 100 valence electrons. The molecule has 7 nitrogen and oxygen atoms in total. The Morgan fingerprint density at radius 1 is 1.33 bits per heavy atom. The fourth-order valence-corrected chi connectivity index (χ4v) is 1.87. The smallest absolute Gasteiger partial charge is 0.302 e. The fraction of sp³-hybridized carbons (Fsp3) is 0.143. The molecule has 0 spiro atoms. The van der Waals surface area contributed by atoms with E-state index in [2.05, 4.69) is 0 Å². The standard InChI is InChI=1S/C7H5F3N2O5S/c8-7(9,10)4-1-2-6(18(16,17)11-13)5(3-4)12(14)15/h1-3,11,13H. The molecule has 0 aliphatic heterocycles. The van der Waals surface area contributed by atoms with Gasteiger partial charge in [-0.25, -0.2) is 8.42 Å². The predicted octanol–water partition coefficient (Wildman–Crippen LogP) is 1.28. The first kappa shape index (κ1) is 14.3. The van der Waals surface area contributed by atoms with Crippen LogP contribution in [0.15, 0.2) is 23.1 Å². The maximum atomic E-state index is 12.3. The van der Waals surface area contributed by atoms with Crippen molar-refractivity contribution < 1.29 is 31.7 Å². The van der Waals surface area contributed by atoms with Crippen molar-refractivity contribution in [2.45, 2.75) is 11.1 Å². The molecule has 0 amide bonds. The minimum Gasteiger partial charge on any atom is -0.302 e. The summed E-state index contributed by atoms with van der Waals surface area (Å²) in [7, 11) is -4.64. The Morgan fingerprint density at radius 3 is 2.28 bits per heavy atom. The molecule has 1 aromatic rings. The van der Waals surface area contributed by atoms with E-state index in [1.807, 2.05) is 0 Å². The van der Waals surface area contributed by atoms with Gasteiger partial charge in [-0.1, -0.05) is 4.89 Å². The zero-order valence-corrected chi connectivity index (χ0v) is 9.12. The highest BCUT2D eigenvalue weighted by molar-refractivity contribution is 7.89. The molecule has 18 heavy (non-hydrogen) atoms. The summed E-state index contributed by atoms with van der Waals surface area (Å²) in [6.45, 7) is 0. The second-order valence-electron chi connectivity index (χ2n) is 3.03. The largest absolute Gasteiger partial charge is 0.416 e. The van der Waals surface area contributed by atoms with E-state index in [-0.39, 0.29) is 6.07 Å². The number of hydrogen-bond donors (Lipinski definition) is 2. The fourth-order valence-electron chi connectivity index (χ4n) is 1.11. The van der Waals surface area contributed by atoms with Crippen LogP contribution in [0.2, 0.25) is 0 Å². The van der Waals surface area contributed by atoms with Gasteiger partial charge in [-0.15, -0.1) is 0 Å². The molecular weight excluding hydrogens is 281 g/mol. The molecule has 0 atom stereocenters. The summed E-state index contributed by atoms with van der Waals surface area (Å²) in [5.74, 6) is 0. The summed E-state index contributed by atoms with van der Waals surface area (Å²) < 4.78 is 59.2. The third-order valence-electron chi connectivity index (χ3n) is 1.89. The number of hydrogen-bond acceptors (Lipinski definition) is 5. The molecule has 0 saturated carbocycles. The molecule has 0 bridgehead atoms. The summed E-state index contributed by atoms with van der Waals surface area (Å²) in [6, 6.07) is 0.820. The first-order valence-electron chi connectivity index (χ1n) is 4.11. The lowest BCUT2D eigenvalue weighted by Gasteiger charge is -2.08. The molecule has 0 radical (unpaired) electrons. The van der Waals surface area contributed by atoms with Crippen LogP contribution < -0.4 is 4.89 Å². The van der Waals surface area contributed by atoms with Gasteiger partial charge in [-0.05, 0) is 12.1 Å². The number of nitro groups is 1. The third kappa shape index (κ3) is 2.75. The number of benzene rings is 1. The maximum absolute atomic E-state index is 12.3. The molecule has 0 aliphatic rings. The molecule has 2 N–H and O–H groups in total. The highest BCUT2D eigenvalue weighted by Crippen LogP contribution is 2.34. The Kier molecular flexibility index (Phi) is 3.59. The van der Waals surface area contributed by atoms with Crippen LogP contribution in [0.1, 0.15) is 5.56 Å². The molecular formula is C7H5F3N2O5S. The lowest BCUT2D eigenvalue weighted by Crippen LogP contribution is -2.21. The number of rotatable bonds is 3. The van der Waals surface area contributed by atoms with Crippen LogP contribution in [0.5, 0.6) is 0 Å². The number of sulfonamides is 1. The SMILES string of the molecule is O=[N+]([O-])c1cc(C(F)(F)F)ccc1S(=O)(=O)NO. The van der Waals surface area contributed by atoms with Crippen molar-refractivity contribution in [3.8, 4) is 0 Å². The van der Waals surface area contributed by atoms with E-state index in [4.69, 9.17) is 5.21 Å². The van der Waals surface area contributed by atoms with E-state index < -0.39 is 37.3 Å². The van der Waals surface area contributed by atoms with Crippen LogP contribution in [0.4, 0.5) is 18.9 Å². The normalized spacial score (nSPS) is 12.4. The van der Waals surface area contributed by atoms with Crippen molar-refractivity contribution in [1.82, 2.24) is 4.89 Å². The van der Waals surface area contributed by atoms with E-state index in [0.717, 1.165) is 4.89 Å². The van der Waals surface area contributed by atoms with Gasteiger partial charge in [0.15, 0.2) is 4.90 Å². The van der Waals surface area contributed by atoms with Gasteiger partial charge in [0, 0.05) is 6.07 Å². The molecule has 0 heterocycles. The van der Waals surface area contributed by atoms with E-state index in [1.54, 1.807) is 0 Å². The van der Waals surface area contributed by atoms with Gasteiger partial charge in [0.05, 0.1) is 10.5 Å². The number of alkyl halides is 3. The lowest BCUT2D eigenvalue weighted by atomic mass is 10.2. The quantitative estimate of drug-likeness (QED) is 0.642. The van der Waals surface area contributed by atoms with Crippen LogP contribution in [0.25, 0.3) is 0 Å². The van der Waals surface area contributed by atoms with E-state index in [9.17, 15) is 31.7 Å². The summed E-state index contributed by atoms with van der Waals surface area (Å²) in [5.41, 5.74) is -2.66. The Labute approximate surface area is 98.0 Å². The van der Waals surface area contributed by atoms with Gasteiger partial charge in [-0.3, -0.25) is 10.1 Å². The second kappa shape index (κ2) is 4.51. The van der Waals surface area contributed by atoms with Gasteiger partial charge in [-0.2, -0.15) is 13.2 Å². The number of halogens is 3.